The van der Waals surface area contributed by atoms with Crippen LogP contribution in [0, 0.1) is 6.92 Å². The Labute approximate surface area is 169 Å². The molecule has 0 bridgehead atoms. The Morgan fingerprint density at radius 1 is 1.18 bits per heavy atom. The van der Waals surface area contributed by atoms with E-state index in [2.05, 4.69) is 11.0 Å². The summed E-state index contributed by atoms with van der Waals surface area (Å²) < 4.78 is 32.8. The molecule has 2 aromatic rings. The van der Waals surface area contributed by atoms with Crippen LogP contribution in [-0.2, 0) is 27.8 Å². The highest BCUT2D eigenvalue weighted by Crippen LogP contribution is 2.27. The second-order valence-corrected chi connectivity index (χ2v) is 10.1. The lowest BCUT2D eigenvalue weighted by molar-refractivity contribution is -0.136. The van der Waals surface area contributed by atoms with Gasteiger partial charge in [0, 0.05) is 43.2 Å². The number of aliphatic carboxylic acids is 1. The molecule has 28 heavy (non-hydrogen) atoms. The van der Waals surface area contributed by atoms with E-state index in [1.54, 1.807) is 13.2 Å². The lowest BCUT2D eigenvalue weighted by Crippen LogP contribution is -2.48. The molecule has 1 aromatic carbocycles. The molecule has 1 aliphatic heterocycles. The highest BCUT2D eigenvalue weighted by atomic mass is 32.2. The van der Waals surface area contributed by atoms with Gasteiger partial charge in [-0.3, -0.25) is 9.69 Å². The van der Waals surface area contributed by atoms with Crippen molar-refractivity contribution in [1.82, 2.24) is 9.21 Å². The molecule has 2 heterocycles. The van der Waals surface area contributed by atoms with Crippen LogP contribution in [0.25, 0.3) is 0 Å². The summed E-state index contributed by atoms with van der Waals surface area (Å²) in [6.07, 6.45) is -0.160. The van der Waals surface area contributed by atoms with E-state index in [9.17, 15) is 13.2 Å². The molecule has 152 valence electrons. The van der Waals surface area contributed by atoms with Crippen molar-refractivity contribution in [3.8, 4) is 5.75 Å². The van der Waals surface area contributed by atoms with Gasteiger partial charge in [0.1, 0.15) is 9.96 Å². The lowest BCUT2D eigenvalue weighted by Gasteiger charge is -2.34. The molecule has 0 atom stereocenters. The molecule has 0 amide bonds. The van der Waals surface area contributed by atoms with Crippen LogP contribution in [0.3, 0.4) is 0 Å². The van der Waals surface area contributed by atoms with Crippen LogP contribution in [0.15, 0.2) is 34.5 Å². The summed E-state index contributed by atoms with van der Waals surface area (Å²) in [5.41, 5.74) is 2.25. The zero-order valence-electron chi connectivity index (χ0n) is 15.9. The molecule has 1 saturated heterocycles. The summed E-state index contributed by atoms with van der Waals surface area (Å²) in [7, 11) is -1.93. The second kappa shape index (κ2) is 8.60. The van der Waals surface area contributed by atoms with Crippen molar-refractivity contribution >= 4 is 27.3 Å². The number of sulfonamides is 1. The third-order valence-electron chi connectivity index (χ3n) is 4.72. The number of carboxylic acids is 1. The van der Waals surface area contributed by atoms with Gasteiger partial charge in [-0.2, -0.15) is 4.31 Å². The minimum Gasteiger partial charge on any atom is -0.496 e. The summed E-state index contributed by atoms with van der Waals surface area (Å²) in [6, 6.07) is 9.13. The molecule has 1 aromatic heterocycles. The van der Waals surface area contributed by atoms with Crippen LogP contribution < -0.4 is 4.74 Å². The monoisotopic (exact) mass is 424 g/mol. The average Bonchev–Trinajstić information content (AvgIpc) is 3.11. The number of rotatable bonds is 7. The van der Waals surface area contributed by atoms with Crippen molar-refractivity contribution < 1.29 is 23.1 Å². The maximum Gasteiger partial charge on any atom is 0.308 e. The summed E-state index contributed by atoms with van der Waals surface area (Å²) in [4.78, 5) is 13.6. The van der Waals surface area contributed by atoms with E-state index < -0.39 is 16.0 Å². The molecule has 1 aliphatic rings. The number of nitrogens with zero attached hydrogens (tertiary/aromatic N) is 2. The molecule has 3 rings (SSSR count). The number of aryl methyl sites for hydroxylation is 1. The van der Waals surface area contributed by atoms with E-state index >= 15 is 0 Å². The first kappa shape index (κ1) is 20.8. The van der Waals surface area contributed by atoms with E-state index in [0.717, 1.165) is 28.2 Å². The van der Waals surface area contributed by atoms with Gasteiger partial charge in [0.25, 0.3) is 10.0 Å². The predicted octanol–water partition coefficient (Wildman–Crippen LogP) is 2.20. The average molecular weight is 425 g/mol. The van der Waals surface area contributed by atoms with Gasteiger partial charge in [0.2, 0.25) is 0 Å². The van der Waals surface area contributed by atoms with Crippen molar-refractivity contribution in [3.63, 3.8) is 0 Å². The van der Waals surface area contributed by atoms with Gasteiger partial charge in [-0.05, 0) is 25.1 Å². The summed E-state index contributed by atoms with van der Waals surface area (Å²) in [5.74, 6) is -0.129. The van der Waals surface area contributed by atoms with E-state index in [1.807, 2.05) is 19.1 Å². The molecule has 0 saturated carbocycles. The fraction of sp³-hybridized carbons (Fsp3) is 0.421. The van der Waals surface area contributed by atoms with Crippen LogP contribution in [-0.4, -0.2) is 62.0 Å². The van der Waals surface area contributed by atoms with Crippen LogP contribution >= 0.6 is 11.3 Å². The molecule has 1 N–H and O–H groups in total. The Bertz CT molecular complexity index is 947. The molecule has 0 radical (unpaired) electrons. The Hall–Kier alpha value is -1.94. The Kier molecular flexibility index (Phi) is 6.39. The minimum atomic E-state index is -3.59. The van der Waals surface area contributed by atoms with Crippen LogP contribution in [0.4, 0.5) is 0 Å². The maximum atomic E-state index is 12.8. The smallest absolute Gasteiger partial charge is 0.308 e. The van der Waals surface area contributed by atoms with E-state index in [1.165, 1.54) is 10.4 Å². The first-order valence-corrected chi connectivity index (χ1v) is 11.2. The van der Waals surface area contributed by atoms with Gasteiger partial charge in [-0.15, -0.1) is 11.3 Å². The molecular formula is C19H24N2O5S2. The number of hydrogen-bond donors (Lipinski definition) is 1. The molecule has 0 unspecified atom stereocenters. The van der Waals surface area contributed by atoms with Crippen molar-refractivity contribution in [2.45, 2.75) is 24.1 Å². The third kappa shape index (κ3) is 4.72. The van der Waals surface area contributed by atoms with E-state index in [4.69, 9.17) is 9.84 Å². The molecule has 0 spiro atoms. The third-order valence-corrected chi connectivity index (χ3v) is 8.17. The van der Waals surface area contributed by atoms with Crippen molar-refractivity contribution in [1.29, 1.82) is 0 Å². The van der Waals surface area contributed by atoms with E-state index in [0.29, 0.717) is 37.6 Å². The quantitative estimate of drug-likeness (QED) is 0.733. The summed E-state index contributed by atoms with van der Waals surface area (Å²) >= 11 is 1.03. The normalized spacial score (nSPS) is 16.2. The van der Waals surface area contributed by atoms with Crippen LogP contribution in [0.5, 0.6) is 5.75 Å². The fourth-order valence-corrected chi connectivity index (χ4v) is 6.19. The van der Waals surface area contributed by atoms with Crippen LogP contribution in [0.2, 0.25) is 0 Å². The zero-order valence-corrected chi connectivity index (χ0v) is 17.6. The number of ether oxygens (including phenoxy) is 1. The largest absolute Gasteiger partial charge is 0.496 e. The second-order valence-electron chi connectivity index (χ2n) is 6.79. The first-order chi connectivity index (χ1) is 13.3. The fourth-order valence-electron chi connectivity index (χ4n) is 3.27. The number of methoxy groups -OCH3 is 1. The molecule has 7 nitrogen and oxygen atoms in total. The number of hydrogen-bond acceptors (Lipinski definition) is 6. The maximum absolute atomic E-state index is 12.8. The predicted molar refractivity (Wildman–Crippen MR) is 107 cm³/mol. The van der Waals surface area contributed by atoms with Gasteiger partial charge in [-0.25, -0.2) is 8.42 Å². The molecular weight excluding hydrogens is 400 g/mol. The van der Waals surface area contributed by atoms with Crippen molar-refractivity contribution in [3.05, 3.63) is 46.3 Å². The van der Waals surface area contributed by atoms with Gasteiger partial charge < -0.3 is 9.84 Å². The van der Waals surface area contributed by atoms with Gasteiger partial charge in [0.05, 0.1) is 13.5 Å². The number of carboxylic acid groups (broad SMARTS) is 1. The van der Waals surface area contributed by atoms with Gasteiger partial charge in [-0.1, -0.05) is 17.7 Å². The lowest BCUT2D eigenvalue weighted by atomic mass is 10.1. The summed E-state index contributed by atoms with van der Waals surface area (Å²) in [6.45, 7) is 4.81. The Morgan fingerprint density at radius 3 is 2.54 bits per heavy atom. The summed E-state index contributed by atoms with van der Waals surface area (Å²) in [5, 5.41) is 8.86. The van der Waals surface area contributed by atoms with Crippen molar-refractivity contribution in [2.24, 2.45) is 0 Å². The molecule has 0 aliphatic carbocycles. The first-order valence-electron chi connectivity index (χ1n) is 8.96. The highest BCUT2D eigenvalue weighted by molar-refractivity contribution is 7.91. The Balaban J connectivity index is 1.64. The topological polar surface area (TPSA) is 87.2 Å². The van der Waals surface area contributed by atoms with Crippen molar-refractivity contribution in [2.75, 3.05) is 33.3 Å². The molecule has 9 heteroatoms. The zero-order chi connectivity index (χ0) is 20.3. The number of carbonyl (C=O) groups is 1. The standard InChI is InChI=1S/C19H24N2O5S2/c1-14-3-5-17(26-2)15(11-14)13-20-7-9-21(10-8-20)28(24,25)19-6-4-16(27-19)12-18(22)23/h3-6,11H,7-10,12-13H2,1-2H3,(H,22,23). The van der Waals surface area contributed by atoms with Gasteiger partial charge in [0.15, 0.2) is 0 Å². The molecule has 1 fully saturated rings. The van der Waals surface area contributed by atoms with E-state index in [-0.39, 0.29) is 10.6 Å². The van der Waals surface area contributed by atoms with Crippen LogP contribution in [0.1, 0.15) is 16.0 Å². The minimum absolute atomic E-state index is 0.160. The number of thiophene rings is 1. The number of benzene rings is 1. The number of piperazine rings is 1. The van der Waals surface area contributed by atoms with Gasteiger partial charge >= 0.3 is 5.97 Å². The SMILES string of the molecule is COc1ccc(C)cc1CN1CCN(S(=O)(=O)c2ccc(CC(=O)O)s2)CC1. The Morgan fingerprint density at radius 2 is 1.89 bits per heavy atom. The highest BCUT2D eigenvalue weighted by Gasteiger charge is 2.30.